The quantitative estimate of drug-likeness (QED) is 0.682. The van der Waals surface area contributed by atoms with Gasteiger partial charge >= 0.3 is 0 Å². The number of anilines is 1. The van der Waals surface area contributed by atoms with Gasteiger partial charge in [0, 0.05) is 12.0 Å². The minimum Gasteiger partial charge on any atom is -0.370 e. The van der Waals surface area contributed by atoms with Gasteiger partial charge in [0.2, 0.25) is 11.0 Å². The molecule has 0 spiro atoms. The molecule has 78 valence electrons. The van der Waals surface area contributed by atoms with E-state index in [-0.39, 0.29) is 12.3 Å². The van der Waals surface area contributed by atoms with Crippen LogP contribution in [0.25, 0.3) is 0 Å². The minimum atomic E-state index is -0.403. The zero-order valence-electron chi connectivity index (χ0n) is 7.96. The number of aromatic nitrogens is 2. The molecule has 0 bridgehead atoms. The third-order valence-corrected chi connectivity index (χ3v) is 2.50. The first-order valence-electron chi connectivity index (χ1n) is 4.01. The first kappa shape index (κ1) is 11.1. The van der Waals surface area contributed by atoms with Gasteiger partial charge in [0.1, 0.15) is 0 Å². The number of carbonyl (C=O) groups excluding carboxylic acids is 1. The number of hydrogen-bond acceptors (Lipinski definition) is 5. The second-order valence-corrected chi connectivity index (χ2v) is 5.24. The maximum absolute atomic E-state index is 10.7. The zero-order chi connectivity index (χ0) is 10.8. The second kappa shape index (κ2) is 4.05. The number of H-pyrrole nitrogens is 1. The van der Waals surface area contributed by atoms with Crippen LogP contribution in [0.5, 0.6) is 0 Å². The lowest BCUT2D eigenvalue weighted by Crippen LogP contribution is -2.35. The third-order valence-electron chi connectivity index (χ3n) is 1.50. The van der Waals surface area contributed by atoms with E-state index in [1.165, 1.54) is 11.3 Å². The van der Waals surface area contributed by atoms with Crippen LogP contribution in [0, 0.1) is 3.95 Å². The predicted octanol–water partition coefficient (Wildman–Crippen LogP) is 1.27. The fourth-order valence-corrected chi connectivity index (χ4v) is 2.02. The lowest BCUT2D eigenvalue weighted by Gasteiger charge is -2.23. The third kappa shape index (κ3) is 3.43. The Morgan fingerprint density at radius 3 is 2.86 bits per heavy atom. The fourth-order valence-electron chi connectivity index (χ4n) is 1.05. The summed E-state index contributed by atoms with van der Waals surface area (Å²) in [6, 6.07) is 0. The van der Waals surface area contributed by atoms with E-state index in [0.717, 1.165) is 0 Å². The molecule has 0 atom stereocenters. The zero-order valence-corrected chi connectivity index (χ0v) is 9.59. The fraction of sp³-hybridized carbons (Fsp3) is 0.571. The summed E-state index contributed by atoms with van der Waals surface area (Å²) in [5, 5.41) is 10.3. The van der Waals surface area contributed by atoms with Gasteiger partial charge in [-0.05, 0) is 26.1 Å². The summed E-state index contributed by atoms with van der Waals surface area (Å²) in [6.07, 6.45) is 0.249. The molecule has 0 saturated heterocycles. The smallest absolute Gasteiger partial charge is 0.219 e. The first-order chi connectivity index (χ1) is 6.39. The molecular formula is C7H12N4OS2. The van der Waals surface area contributed by atoms with Crippen LogP contribution >= 0.6 is 23.6 Å². The van der Waals surface area contributed by atoms with Gasteiger partial charge in [-0.3, -0.25) is 9.89 Å². The topological polar surface area (TPSA) is 83.8 Å². The number of aromatic amines is 1. The summed E-state index contributed by atoms with van der Waals surface area (Å²) in [5.74, 6) is -0.346. The normalized spacial score (nSPS) is 11.3. The van der Waals surface area contributed by atoms with Gasteiger partial charge < -0.3 is 11.1 Å². The summed E-state index contributed by atoms with van der Waals surface area (Å²) in [4.78, 5) is 10.7. The van der Waals surface area contributed by atoms with E-state index in [9.17, 15) is 4.79 Å². The van der Waals surface area contributed by atoms with E-state index in [1.807, 2.05) is 13.8 Å². The molecule has 0 aliphatic carbocycles. The summed E-state index contributed by atoms with van der Waals surface area (Å²) in [7, 11) is 0. The molecule has 1 rings (SSSR count). The second-order valence-electron chi connectivity index (χ2n) is 3.57. The van der Waals surface area contributed by atoms with Crippen molar-refractivity contribution in [3.63, 3.8) is 0 Å². The molecular weight excluding hydrogens is 220 g/mol. The van der Waals surface area contributed by atoms with Crippen LogP contribution < -0.4 is 11.1 Å². The van der Waals surface area contributed by atoms with Gasteiger partial charge in [0.15, 0.2) is 3.95 Å². The Morgan fingerprint density at radius 2 is 2.43 bits per heavy atom. The molecule has 1 amide bonds. The van der Waals surface area contributed by atoms with Crippen molar-refractivity contribution in [2.24, 2.45) is 5.73 Å². The Morgan fingerprint density at radius 1 is 1.79 bits per heavy atom. The van der Waals surface area contributed by atoms with Crippen LogP contribution in [-0.2, 0) is 4.79 Å². The Kier molecular flexibility index (Phi) is 3.22. The molecule has 14 heavy (non-hydrogen) atoms. The number of carbonyl (C=O) groups is 1. The van der Waals surface area contributed by atoms with E-state index in [0.29, 0.717) is 9.09 Å². The van der Waals surface area contributed by atoms with Gasteiger partial charge in [0.05, 0.1) is 0 Å². The molecule has 4 N–H and O–H groups in total. The van der Waals surface area contributed by atoms with Crippen LogP contribution in [-0.4, -0.2) is 21.6 Å². The largest absolute Gasteiger partial charge is 0.370 e. The Labute approximate surface area is 90.7 Å². The monoisotopic (exact) mass is 232 g/mol. The number of hydrogen-bond donors (Lipinski definition) is 3. The molecule has 0 unspecified atom stereocenters. The van der Waals surface area contributed by atoms with Crippen LogP contribution in [0.1, 0.15) is 20.3 Å². The van der Waals surface area contributed by atoms with Crippen molar-refractivity contribution < 1.29 is 4.79 Å². The maximum atomic E-state index is 10.7. The summed E-state index contributed by atoms with van der Waals surface area (Å²) < 4.78 is 0.599. The average Bonchev–Trinajstić information content (AvgIpc) is 2.30. The minimum absolute atomic E-state index is 0.249. The maximum Gasteiger partial charge on any atom is 0.219 e. The highest BCUT2D eigenvalue weighted by molar-refractivity contribution is 7.73. The van der Waals surface area contributed by atoms with Gasteiger partial charge in [-0.2, -0.15) is 0 Å². The molecule has 0 radical (unpaired) electrons. The Balaban J connectivity index is 2.67. The summed E-state index contributed by atoms with van der Waals surface area (Å²) in [6.45, 7) is 3.75. The van der Waals surface area contributed by atoms with Gasteiger partial charge in [-0.15, -0.1) is 5.10 Å². The number of primary amides is 1. The molecule has 0 fully saturated rings. The van der Waals surface area contributed by atoms with Gasteiger partial charge in [-0.25, -0.2) is 0 Å². The van der Waals surface area contributed by atoms with Crippen molar-refractivity contribution in [1.29, 1.82) is 0 Å². The molecule has 7 heteroatoms. The van der Waals surface area contributed by atoms with Crippen molar-refractivity contribution in [2.45, 2.75) is 25.8 Å². The van der Waals surface area contributed by atoms with Crippen LogP contribution in [0.2, 0.25) is 0 Å². The Hall–Kier alpha value is -0.950. The van der Waals surface area contributed by atoms with E-state index in [4.69, 9.17) is 18.0 Å². The summed E-state index contributed by atoms with van der Waals surface area (Å²) >= 11 is 6.21. The number of amides is 1. The van der Waals surface area contributed by atoms with Gasteiger partial charge in [-0.1, -0.05) is 11.3 Å². The number of nitrogens with two attached hydrogens (primary N) is 1. The van der Waals surface area contributed by atoms with Gasteiger partial charge in [0.25, 0.3) is 0 Å². The van der Waals surface area contributed by atoms with Crippen molar-refractivity contribution in [2.75, 3.05) is 5.32 Å². The number of nitrogens with zero attached hydrogens (tertiary/aromatic N) is 1. The molecule has 0 aliphatic rings. The molecule has 1 aromatic heterocycles. The highest BCUT2D eigenvalue weighted by Crippen LogP contribution is 2.19. The van der Waals surface area contributed by atoms with Crippen molar-refractivity contribution >= 4 is 34.6 Å². The lowest BCUT2D eigenvalue weighted by molar-refractivity contribution is -0.118. The van der Waals surface area contributed by atoms with E-state index in [1.54, 1.807) is 0 Å². The summed E-state index contributed by atoms with van der Waals surface area (Å²) in [5.41, 5.74) is 4.71. The van der Waals surface area contributed by atoms with Crippen molar-refractivity contribution in [1.82, 2.24) is 10.2 Å². The molecule has 0 saturated carbocycles. The molecule has 5 nitrogen and oxygen atoms in total. The standard InChI is InChI=1S/C7H12N4OS2/c1-7(2,3-4(8)12)9-5-10-11-6(13)14-5/h3H2,1-2H3,(H2,8,12)(H,9,10)(H,11,13). The van der Waals surface area contributed by atoms with E-state index in [2.05, 4.69) is 15.5 Å². The lowest BCUT2D eigenvalue weighted by atomic mass is 10.0. The molecule has 1 aromatic rings. The van der Waals surface area contributed by atoms with Crippen LogP contribution in [0.4, 0.5) is 5.13 Å². The van der Waals surface area contributed by atoms with Crippen LogP contribution in [0.15, 0.2) is 0 Å². The number of rotatable bonds is 4. The average molecular weight is 232 g/mol. The van der Waals surface area contributed by atoms with E-state index < -0.39 is 5.54 Å². The molecule has 0 aromatic carbocycles. The predicted molar refractivity (Wildman–Crippen MR) is 58.8 cm³/mol. The molecule has 1 heterocycles. The first-order valence-corrected chi connectivity index (χ1v) is 5.23. The SMILES string of the molecule is CC(C)(CC(N)=O)Nc1n[nH]c(=S)s1. The Bertz CT molecular complexity index is 381. The molecule has 0 aliphatic heterocycles. The van der Waals surface area contributed by atoms with E-state index >= 15 is 0 Å². The van der Waals surface area contributed by atoms with Crippen molar-refractivity contribution in [3.8, 4) is 0 Å². The highest BCUT2D eigenvalue weighted by Gasteiger charge is 2.21. The van der Waals surface area contributed by atoms with Crippen molar-refractivity contribution in [3.05, 3.63) is 3.95 Å². The van der Waals surface area contributed by atoms with Crippen LogP contribution in [0.3, 0.4) is 0 Å². The highest BCUT2D eigenvalue weighted by atomic mass is 32.1. The number of nitrogens with one attached hydrogen (secondary N) is 2.